The van der Waals surface area contributed by atoms with Crippen LogP contribution in [0.25, 0.3) is 10.6 Å². The molecule has 0 radical (unpaired) electrons. The summed E-state index contributed by atoms with van der Waals surface area (Å²) in [7, 11) is 0. The molecule has 2 rings (SSSR count). The number of nitrogens with one attached hydrogen (secondary N) is 1. The second kappa shape index (κ2) is 5.27. The Morgan fingerprint density at radius 1 is 1.35 bits per heavy atom. The Balaban J connectivity index is 2.55. The summed E-state index contributed by atoms with van der Waals surface area (Å²) in [6, 6.07) is 4.16. The van der Waals surface area contributed by atoms with Gasteiger partial charge in [-0.25, -0.2) is 9.97 Å². The molecule has 0 bridgehead atoms. The third-order valence-corrected chi connectivity index (χ3v) is 3.44. The topological polar surface area (TPSA) is 37.8 Å². The van der Waals surface area contributed by atoms with E-state index in [0.717, 1.165) is 18.1 Å². The summed E-state index contributed by atoms with van der Waals surface area (Å²) in [5.74, 6) is 1.36. The van der Waals surface area contributed by atoms with E-state index in [1.807, 2.05) is 0 Å². The molecular weight excluding hydrogens is 230 g/mol. The first-order valence-electron chi connectivity index (χ1n) is 5.86. The zero-order valence-electron chi connectivity index (χ0n) is 10.4. The van der Waals surface area contributed by atoms with Gasteiger partial charge in [-0.3, -0.25) is 0 Å². The molecule has 0 aliphatic heterocycles. The summed E-state index contributed by atoms with van der Waals surface area (Å²) in [4.78, 5) is 9.99. The number of nitrogens with zero attached hydrogens (tertiary/aromatic N) is 2. The lowest BCUT2D eigenvalue weighted by molar-refractivity contribution is 0.850. The first-order valence-corrected chi connectivity index (χ1v) is 6.74. The zero-order chi connectivity index (χ0) is 12.3. The molecule has 0 saturated heterocycles. The summed E-state index contributed by atoms with van der Waals surface area (Å²) >= 11 is 1.72. The Bertz CT molecular complexity index is 477. The maximum atomic E-state index is 4.44. The van der Waals surface area contributed by atoms with Gasteiger partial charge in [-0.1, -0.05) is 19.9 Å². The van der Waals surface area contributed by atoms with Gasteiger partial charge in [0.1, 0.15) is 12.1 Å². The molecule has 1 N–H and O–H groups in total. The predicted molar refractivity (Wildman–Crippen MR) is 73.6 cm³/mol. The van der Waals surface area contributed by atoms with Gasteiger partial charge in [0, 0.05) is 12.1 Å². The number of anilines is 1. The van der Waals surface area contributed by atoms with E-state index in [4.69, 9.17) is 0 Å². The van der Waals surface area contributed by atoms with Gasteiger partial charge in [0.2, 0.25) is 0 Å². The van der Waals surface area contributed by atoms with E-state index in [1.165, 1.54) is 10.4 Å². The van der Waals surface area contributed by atoms with Crippen LogP contribution in [-0.2, 0) is 0 Å². The average molecular weight is 247 g/mol. The van der Waals surface area contributed by atoms with E-state index in [9.17, 15) is 0 Å². The summed E-state index contributed by atoms with van der Waals surface area (Å²) in [6.45, 7) is 7.31. The molecule has 0 saturated carbocycles. The number of hydrogen-bond donors (Lipinski definition) is 1. The normalized spacial score (nSPS) is 10.8. The number of rotatable bonds is 4. The van der Waals surface area contributed by atoms with Crippen molar-refractivity contribution < 1.29 is 0 Å². The number of thiophene rings is 1. The second-order valence-electron chi connectivity index (χ2n) is 4.15. The van der Waals surface area contributed by atoms with Gasteiger partial charge in [0.05, 0.1) is 10.6 Å². The molecule has 0 aliphatic carbocycles. The van der Waals surface area contributed by atoms with Gasteiger partial charge in [-0.2, -0.15) is 0 Å². The Labute approximate surface area is 106 Å². The highest BCUT2D eigenvalue weighted by molar-refractivity contribution is 7.13. The molecule has 0 spiro atoms. The average Bonchev–Trinajstić information content (AvgIpc) is 2.82. The van der Waals surface area contributed by atoms with Gasteiger partial charge in [-0.15, -0.1) is 11.3 Å². The Morgan fingerprint density at radius 2 is 2.18 bits per heavy atom. The molecule has 0 fully saturated rings. The van der Waals surface area contributed by atoms with Gasteiger partial charge in [0.15, 0.2) is 0 Å². The Hall–Kier alpha value is -1.42. The number of aromatic nitrogens is 2. The fourth-order valence-corrected chi connectivity index (χ4v) is 2.60. The fourth-order valence-electron chi connectivity index (χ4n) is 1.86. The van der Waals surface area contributed by atoms with Gasteiger partial charge in [0.25, 0.3) is 0 Å². The van der Waals surface area contributed by atoms with Gasteiger partial charge in [-0.05, 0) is 24.3 Å². The lowest BCUT2D eigenvalue weighted by Gasteiger charge is -2.15. The van der Waals surface area contributed by atoms with Crippen LogP contribution >= 0.6 is 11.3 Å². The second-order valence-corrected chi connectivity index (χ2v) is 5.09. The molecule has 4 heteroatoms. The molecule has 0 aliphatic rings. The molecule has 0 atom stereocenters. The fraction of sp³-hybridized carbons (Fsp3) is 0.385. The van der Waals surface area contributed by atoms with E-state index in [-0.39, 0.29) is 0 Å². The van der Waals surface area contributed by atoms with Crippen LogP contribution in [0, 0.1) is 0 Å². The molecule has 0 aromatic carbocycles. The monoisotopic (exact) mass is 247 g/mol. The zero-order valence-corrected chi connectivity index (χ0v) is 11.2. The summed E-state index contributed by atoms with van der Waals surface area (Å²) in [6.07, 6.45) is 1.64. The molecule has 2 aromatic heterocycles. The quantitative estimate of drug-likeness (QED) is 0.894. The minimum atomic E-state index is 0.405. The van der Waals surface area contributed by atoms with Crippen molar-refractivity contribution in [2.75, 3.05) is 11.9 Å². The van der Waals surface area contributed by atoms with E-state index < -0.39 is 0 Å². The minimum absolute atomic E-state index is 0.405. The standard InChI is InChI=1S/C13H17N3S/c1-4-14-13-11(9(2)3)12(15-8-16-13)10-6-5-7-17-10/h5-9H,4H2,1-3H3,(H,14,15,16). The van der Waals surface area contributed by atoms with Crippen molar-refractivity contribution >= 4 is 17.2 Å². The minimum Gasteiger partial charge on any atom is -0.370 e. The maximum absolute atomic E-state index is 4.44. The third-order valence-electron chi connectivity index (χ3n) is 2.56. The van der Waals surface area contributed by atoms with Crippen LogP contribution in [0.5, 0.6) is 0 Å². The van der Waals surface area contributed by atoms with E-state index in [1.54, 1.807) is 17.7 Å². The maximum Gasteiger partial charge on any atom is 0.133 e. The first-order chi connectivity index (χ1) is 8.24. The van der Waals surface area contributed by atoms with Crippen LogP contribution in [0.4, 0.5) is 5.82 Å². The van der Waals surface area contributed by atoms with E-state index in [2.05, 4.69) is 53.6 Å². The molecule has 0 amide bonds. The van der Waals surface area contributed by atoms with Crippen molar-refractivity contribution in [2.24, 2.45) is 0 Å². The molecule has 0 unspecified atom stereocenters. The highest BCUT2D eigenvalue weighted by Crippen LogP contribution is 2.33. The third kappa shape index (κ3) is 2.47. The molecule has 2 heterocycles. The van der Waals surface area contributed by atoms with E-state index >= 15 is 0 Å². The van der Waals surface area contributed by atoms with E-state index in [0.29, 0.717) is 5.92 Å². The molecule has 17 heavy (non-hydrogen) atoms. The van der Waals surface area contributed by atoms with Crippen LogP contribution in [0.1, 0.15) is 32.3 Å². The Kier molecular flexibility index (Phi) is 3.74. The molecule has 3 nitrogen and oxygen atoms in total. The van der Waals surface area contributed by atoms with Crippen molar-refractivity contribution in [3.63, 3.8) is 0 Å². The molecule has 2 aromatic rings. The summed E-state index contributed by atoms with van der Waals surface area (Å²) in [5, 5.41) is 5.39. The first kappa shape index (κ1) is 12.0. The van der Waals surface area contributed by atoms with Gasteiger partial charge >= 0.3 is 0 Å². The largest absolute Gasteiger partial charge is 0.370 e. The Morgan fingerprint density at radius 3 is 2.76 bits per heavy atom. The highest BCUT2D eigenvalue weighted by atomic mass is 32.1. The van der Waals surface area contributed by atoms with Crippen LogP contribution in [-0.4, -0.2) is 16.5 Å². The SMILES string of the molecule is CCNc1ncnc(-c2cccs2)c1C(C)C. The van der Waals surface area contributed by atoms with Crippen molar-refractivity contribution in [1.82, 2.24) is 9.97 Å². The van der Waals surface area contributed by atoms with Crippen molar-refractivity contribution in [1.29, 1.82) is 0 Å². The van der Waals surface area contributed by atoms with Crippen molar-refractivity contribution in [2.45, 2.75) is 26.7 Å². The van der Waals surface area contributed by atoms with Crippen LogP contribution in [0.2, 0.25) is 0 Å². The summed E-state index contributed by atoms with van der Waals surface area (Å²) in [5.41, 5.74) is 2.26. The van der Waals surface area contributed by atoms with Crippen molar-refractivity contribution in [3.8, 4) is 10.6 Å². The highest BCUT2D eigenvalue weighted by Gasteiger charge is 2.16. The molecule has 90 valence electrons. The smallest absolute Gasteiger partial charge is 0.133 e. The number of hydrogen-bond acceptors (Lipinski definition) is 4. The van der Waals surface area contributed by atoms with Crippen molar-refractivity contribution in [3.05, 3.63) is 29.4 Å². The molecular formula is C13H17N3S. The predicted octanol–water partition coefficient (Wildman–Crippen LogP) is 3.76. The van der Waals surface area contributed by atoms with Crippen LogP contribution in [0.15, 0.2) is 23.8 Å². The van der Waals surface area contributed by atoms with Crippen LogP contribution < -0.4 is 5.32 Å². The van der Waals surface area contributed by atoms with Crippen LogP contribution in [0.3, 0.4) is 0 Å². The lowest BCUT2D eigenvalue weighted by atomic mass is 10.0. The van der Waals surface area contributed by atoms with Gasteiger partial charge < -0.3 is 5.32 Å². The lowest BCUT2D eigenvalue weighted by Crippen LogP contribution is -2.07. The summed E-state index contributed by atoms with van der Waals surface area (Å²) < 4.78 is 0.